The van der Waals surface area contributed by atoms with E-state index in [0.717, 1.165) is 23.1 Å². The highest BCUT2D eigenvalue weighted by Gasteiger charge is 2.14. The molecule has 1 nitrogen and oxygen atoms in total. The summed E-state index contributed by atoms with van der Waals surface area (Å²) < 4.78 is 0. The van der Waals surface area contributed by atoms with E-state index in [0.29, 0.717) is 5.92 Å². The standard InChI is InChI=1S/C20H26O/c1-13(2)10-17-6-8-18(9-7-17)20(21)19-12-15(4)14(3)11-16(19)5/h6-9,11-13,20-21H,10H2,1-5H3. The predicted molar refractivity (Wildman–Crippen MR) is 89.7 cm³/mol. The van der Waals surface area contributed by atoms with E-state index in [2.05, 4.69) is 71.0 Å². The topological polar surface area (TPSA) is 20.2 Å². The van der Waals surface area contributed by atoms with Crippen LogP contribution in [-0.4, -0.2) is 5.11 Å². The van der Waals surface area contributed by atoms with Gasteiger partial charge in [-0.05, 0) is 66.5 Å². The van der Waals surface area contributed by atoms with Gasteiger partial charge in [-0.1, -0.05) is 50.2 Å². The molecule has 0 saturated heterocycles. The van der Waals surface area contributed by atoms with Gasteiger partial charge in [0.25, 0.3) is 0 Å². The third-order valence-corrected chi connectivity index (χ3v) is 4.12. The number of aliphatic hydroxyl groups is 1. The summed E-state index contributed by atoms with van der Waals surface area (Å²) in [5, 5.41) is 10.7. The summed E-state index contributed by atoms with van der Waals surface area (Å²) in [5.74, 6) is 0.655. The first-order valence-electron chi connectivity index (χ1n) is 7.73. The zero-order valence-electron chi connectivity index (χ0n) is 13.8. The Kier molecular flexibility index (Phi) is 4.84. The molecule has 1 heteroatoms. The largest absolute Gasteiger partial charge is 0.384 e. The van der Waals surface area contributed by atoms with E-state index in [1.807, 2.05) is 0 Å². The lowest BCUT2D eigenvalue weighted by Crippen LogP contribution is -2.04. The maximum absolute atomic E-state index is 10.7. The second-order valence-corrected chi connectivity index (χ2v) is 6.54. The van der Waals surface area contributed by atoms with E-state index in [1.54, 1.807) is 0 Å². The Morgan fingerprint density at radius 1 is 0.857 bits per heavy atom. The minimum Gasteiger partial charge on any atom is -0.384 e. The highest BCUT2D eigenvalue weighted by atomic mass is 16.3. The Hall–Kier alpha value is -1.60. The van der Waals surface area contributed by atoms with Crippen molar-refractivity contribution < 1.29 is 5.11 Å². The normalized spacial score (nSPS) is 12.7. The first-order chi connectivity index (χ1) is 9.88. The maximum atomic E-state index is 10.7. The fourth-order valence-electron chi connectivity index (χ4n) is 2.76. The molecule has 2 aromatic carbocycles. The van der Waals surface area contributed by atoms with Crippen LogP contribution in [0.3, 0.4) is 0 Å². The molecule has 0 amide bonds. The molecule has 1 atom stereocenters. The zero-order valence-corrected chi connectivity index (χ0v) is 13.8. The van der Waals surface area contributed by atoms with Crippen molar-refractivity contribution in [2.24, 2.45) is 5.92 Å². The highest BCUT2D eigenvalue weighted by molar-refractivity contribution is 5.41. The monoisotopic (exact) mass is 282 g/mol. The molecular weight excluding hydrogens is 256 g/mol. The third kappa shape index (κ3) is 3.74. The number of hydrogen-bond donors (Lipinski definition) is 1. The lowest BCUT2D eigenvalue weighted by Gasteiger charge is -2.17. The molecule has 1 unspecified atom stereocenters. The van der Waals surface area contributed by atoms with E-state index >= 15 is 0 Å². The molecule has 0 spiro atoms. The van der Waals surface area contributed by atoms with E-state index in [1.165, 1.54) is 16.7 Å². The van der Waals surface area contributed by atoms with Crippen LogP contribution >= 0.6 is 0 Å². The molecule has 0 aliphatic rings. The van der Waals surface area contributed by atoms with Crippen molar-refractivity contribution in [3.05, 3.63) is 69.8 Å². The Labute approximate surface area is 128 Å². The molecule has 112 valence electrons. The molecule has 0 aliphatic carbocycles. The number of benzene rings is 2. The molecule has 0 aromatic heterocycles. The number of hydrogen-bond acceptors (Lipinski definition) is 1. The third-order valence-electron chi connectivity index (χ3n) is 4.12. The smallest absolute Gasteiger partial charge is 0.104 e. The van der Waals surface area contributed by atoms with Gasteiger partial charge < -0.3 is 5.11 Å². The van der Waals surface area contributed by atoms with Crippen LogP contribution in [0.2, 0.25) is 0 Å². The Balaban J connectivity index is 2.27. The van der Waals surface area contributed by atoms with Crippen molar-refractivity contribution in [3.8, 4) is 0 Å². The van der Waals surface area contributed by atoms with Gasteiger partial charge in [0, 0.05) is 0 Å². The van der Waals surface area contributed by atoms with Gasteiger partial charge in [-0.25, -0.2) is 0 Å². The molecule has 0 saturated carbocycles. The quantitative estimate of drug-likeness (QED) is 0.846. The Morgan fingerprint density at radius 3 is 2.00 bits per heavy atom. The summed E-state index contributed by atoms with van der Waals surface area (Å²) in [4.78, 5) is 0. The van der Waals surface area contributed by atoms with Crippen molar-refractivity contribution in [1.29, 1.82) is 0 Å². The van der Waals surface area contributed by atoms with Crippen molar-refractivity contribution in [2.45, 2.75) is 47.1 Å². The summed E-state index contributed by atoms with van der Waals surface area (Å²) in [6.07, 6.45) is 0.538. The predicted octanol–water partition coefficient (Wildman–Crippen LogP) is 4.89. The van der Waals surface area contributed by atoms with E-state index in [9.17, 15) is 5.11 Å². The van der Waals surface area contributed by atoms with Gasteiger partial charge >= 0.3 is 0 Å². The highest BCUT2D eigenvalue weighted by Crippen LogP contribution is 2.27. The van der Waals surface area contributed by atoms with Crippen LogP contribution in [0, 0.1) is 26.7 Å². The van der Waals surface area contributed by atoms with Crippen LogP contribution in [0.15, 0.2) is 36.4 Å². The van der Waals surface area contributed by atoms with Gasteiger partial charge in [-0.15, -0.1) is 0 Å². The van der Waals surface area contributed by atoms with Crippen LogP contribution < -0.4 is 0 Å². The second-order valence-electron chi connectivity index (χ2n) is 6.54. The van der Waals surface area contributed by atoms with E-state index in [-0.39, 0.29) is 0 Å². The van der Waals surface area contributed by atoms with Gasteiger partial charge in [0.05, 0.1) is 0 Å². The van der Waals surface area contributed by atoms with Crippen LogP contribution in [0.5, 0.6) is 0 Å². The fraction of sp³-hybridized carbons (Fsp3) is 0.400. The van der Waals surface area contributed by atoms with Crippen LogP contribution in [0.4, 0.5) is 0 Å². The Morgan fingerprint density at radius 2 is 1.43 bits per heavy atom. The molecule has 1 N–H and O–H groups in total. The number of aliphatic hydroxyl groups excluding tert-OH is 1. The average molecular weight is 282 g/mol. The summed E-state index contributed by atoms with van der Waals surface area (Å²) in [7, 11) is 0. The van der Waals surface area contributed by atoms with Crippen molar-refractivity contribution in [3.63, 3.8) is 0 Å². The van der Waals surface area contributed by atoms with E-state index < -0.39 is 6.10 Å². The molecule has 0 fully saturated rings. The van der Waals surface area contributed by atoms with Crippen LogP contribution in [0.1, 0.15) is 53.3 Å². The summed E-state index contributed by atoms with van der Waals surface area (Å²) >= 11 is 0. The zero-order chi connectivity index (χ0) is 15.6. The fourth-order valence-corrected chi connectivity index (χ4v) is 2.76. The van der Waals surface area contributed by atoms with Crippen molar-refractivity contribution >= 4 is 0 Å². The van der Waals surface area contributed by atoms with Crippen LogP contribution in [-0.2, 0) is 6.42 Å². The summed E-state index contributed by atoms with van der Waals surface area (Å²) in [5.41, 5.74) is 6.96. The molecule has 0 radical (unpaired) electrons. The minimum atomic E-state index is -0.544. The van der Waals surface area contributed by atoms with Gasteiger partial charge in [-0.3, -0.25) is 0 Å². The lowest BCUT2D eigenvalue weighted by atomic mass is 9.92. The van der Waals surface area contributed by atoms with Gasteiger partial charge in [0.1, 0.15) is 6.10 Å². The lowest BCUT2D eigenvalue weighted by molar-refractivity contribution is 0.219. The van der Waals surface area contributed by atoms with E-state index in [4.69, 9.17) is 0 Å². The van der Waals surface area contributed by atoms with Gasteiger partial charge in [0.15, 0.2) is 0 Å². The van der Waals surface area contributed by atoms with Crippen molar-refractivity contribution in [2.75, 3.05) is 0 Å². The number of rotatable bonds is 4. The molecule has 0 heterocycles. The van der Waals surface area contributed by atoms with Gasteiger partial charge in [-0.2, -0.15) is 0 Å². The first-order valence-corrected chi connectivity index (χ1v) is 7.73. The second kappa shape index (κ2) is 6.44. The molecule has 2 rings (SSSR count). The maximum Gasteiger partial charge on any atom is 0.104 e. The Bertz CT molecular complexity index is 608. The molecule has 0 bridgehead atoms. The number of aryl methyl sites for hydroxylation is 3. The minimum absolute atomic E-state index is 0.544. The summed E-state index contributed by atoms with van der Waals surface area (Å²) in [6, 6.07) is 12.6. The first kappa shape index (κ1) is 15.8. The van der Waals surface area contributed by atoms with Gasteiger partial charge in [0.2, 0.25) is 0 Å². The molecule has 21 heavy (non-hydrogen) atoms. The molecule has 2 aromatic rings. The van der Waals surface area contributed by atoms with Crippen molar-refractivity contribution in [1.82, 2.24) is 0 Å². The summed E-state index contributed by atoms with van der Waals surface area (Å²) in [6.45, 7) is 10.7. The average Bonchev–Trinajstić information content (AvgIpc) is 2.42. The molecular formula is C20H26O. The van der Waals surface area contributed by atoms with Crippen LogP contribution in [0.25, 0.3) is 0 Å². The molecule has 0 aliphatic heterocycles. The SMILES string of the molecule is Cc1cc(C)c(C(O)c2ccc(CC(C)C)cc2)cc1C.